The highest BCUT2D eigenvalue weighted by Crippen LogP contribution is 2.39. The van der Waals surface area contributed by atoms with E-state index in [9.17, 15) is 8.78 Å². The van der Waals surface area contributed by atoms with Crippen LogP contribution in [0.5, 0.6) is 5.75 Å². The Kier molecular flexibility index (Phi) is 2.15. The van der Waals surface area contributed by atoms with Gasteiger partial charge in [-0.3, -0.25) is 0 Å². The van der Waals surface area contributed by atoms with Gasteiger partial charge < -0.3 is 10.1 Å². The number of likely N-dealkylation sites (N-methyl/N-ethyl adjacent to an activating group) is 1. The molecule has 0 bridgehead atoms. The van der Waals surface area contributed by atoms with Gasteiger partial charge in [-0.15, -0.1) is 0 Å². The molecular formula is C10H11F2NO. The smallest absolute Gasteiger partial charge is 0.165 e. The first-order valence-corrected chi connectivity index (χ1v) is 4.47. The first-order chi connectivity index (χ1) is 6.65. The maximum atomic E-state index is 13.4. The quantitative estimate of drug-likeness (QED) is 0.747. The van der Waals surface area contributed by atoms with Crippen LogP contribution in [0, 0.1) is 11.6 Å². The van der Waals surface area contributed by atoms with E-state index < -0.39 is 11.6 Å². The fraction of sp³-hybridized carbons (Fsp3) is 0.400. The Morgan fingerprint density at radius 3 is 2.57 bits per heavy atom. The predicted octanol–water partition coefficient (Wildman–Crippen LogP) is 2.01. The highest BCUT2D eigenvalue weighted by molar-refractivity contribution is 5.42. The minimum atomic E-state index is -0.508. The third kappa shape index (κ3) is 1.18. The van der Waals surface area contributed by atoms with Crippen molar-refractivity contribution in [1.82, 2.24) is 5.32 Å². The Morgan fingerprint density at radius 1 is 1.29 bits per heavy atom. The van der Waals surface area contributed by atoms with Crippen LogP contribution in [-0.4, -0.2) is 13.2 Å². The van der Waals surface area contributed by atoms with Crippen LogP contribution in [0.1, 0.15) is 18.5 Å². The van der Waals surface area contributed by atoms with E-state index in [0.717, 1.165) is 12.1 Å². The number of rotatable bonds is 1. The van der Waals surface area contributed by atoms with Gasteiger partial charge in [0.25, 0.3) is 0 Å². The van der Waals surface area contributed by atoms with E-state index in [1.807, 2.05) is 0 Å². The van der Waals surface area contributed by atoms with Crippen molar-refractivity contribution in [1.29, 1.82) is 0 Å². The molecule has 0 spiro atoms. The lowest BCUT2D eigenvalue weighted by atomic mass is 10.0. The zero-order chi connectivity index (χ0) is 10.3. The molecule has 0 aromatic heterocycles. The van der Waals surface area contributed by atoms with Crippen LogP contribution >= 0.6 is 0 Å². The standard InChI is InChI=1S/C10H11F2NO/c1-5-9(13-2)8-6(11)3-4-7(12)10(8)14-5/h3-5,9,13H,1-2H3. The van der Waals surface area contributed by atoms with Crippen LogP contribution < -0.4 is 10.1 Å². The van der Waals surface area contributed by atoms with Crippen LogP contribution in [0.15, 0.2) is 12.1 Å². The molecule has 2 atom stereocenters. The van der Waals surface area contributed by atoms with Gasteiger partial charge >= 0.3 is 0 Å². The lowest BCUT2D eigenvalue weighted by Gasteiger charge is -2.13. The molecule has 0 aliphatic carbocycles. The molecule has 2 rings (SSSR count). The summed E-state index contributed by atoms with van der Waals surface area (Å²) in [5, 5.41) is 2.91. The molecule has 0 saturated carbocycles. The van der Waals surface area contributed by atoms with Crippen molar-refractivity contribution in [3.8, 4) is 5.75 Å². The number of fused-ring (bicyclic) bond motifs is 1. The summed E-state index contributed by atoms with van der Waals surface area (Å²) in [5.74, 6) is -0.895. The van der Waals surface area contributed by atoms with E-state index in [1.165, 1.54) is 0 Å². The lowest BCUT2D eigenvalue weighted by Crippen LogP contribution is -2.25. The van der Waals surface area contributed by atoms with Gasteiger partial charge in [-0.1, -0.05) is 0 Å². The Bertz CT molecular complexity index is 367. The minimum Gasteiger partial charge on any atom is -0.485 e. The molecule has 1 N–H and O–H groups in total. The third-order valence-electron chi connectivity index (χ3n) is 2.49. The van der Waals surface area contributed by atoms with Crippen molar-refractivity contribution in [3.63, 3.8) is 0 Å². The molecule has 1 heterocycles. The Hall–Kier alpha value is -1.16. The first-order valence-electron chi connectivity index (χ1n) is 4.47. The summed E-state index contributed by atoms with van der Waals surface area (Å²) in [7, 11) is 1.70. The number of nitrogens with one attached hydrogen (secondary N) is 1. The molecule has 1 aliphatic heterocycles. The fourth-order valence-corrected chi connectivity index (χ4v) is 1.83. The highest BCUT2D eigenvalue weighted by atomic mass is 19.1. The third-order valence-corrected chi connectivity index (χ3v) is 2.49. The first kappa shape index (κ1) is 9.40. The second-order valence-electron chi connectivity index (χ2n) is 3.36. The molecular weight excluding hydrogens is 188 g/mol. The zero-order valence-electron chi connectivity index (χ0n) is 7.97. The average molecular weight is 199 g/mol. The summed E-state index contributed by atoms with van der Waals surface area (Å²) in [6, 6.07) is 1.93. The molecule has 0 amide bonds. The molecule has 76 valence electrons. The van der Waals surface area contributed by atoms with E-state index in [2.05, 4.69) is 5.32 Å². The average Bonchev–Trinajstić information content (AvgIpc) is 2.50. The number of hydrogen-bond donors (Lipinski definition) is 1. The molecule has 1 aliphatic rings. The van der Waals surface area contributed by atoms with Crippen LogP contribution in [0.3, 0.4) is 0 Å². The number of benzene rings is 1. The van der Waals surface area contributed by atoms with E-state index in [-0.39, 0.29) is 17.9 Å². The van der Waals surface area contributed by atoms with Crippen molar-refractivity contribution in [2.75, 3.05) is 7.05 Å². The highest BCUT2D eigenvalue weighted by Gasteiger charge is 2.34. The van der Waals surface area contributed by atoms with Crippen molar-refractivity contribution in [3.05, 3.63) is 29.3 Å². The molecule has 4 heteroatoms. The molecule has 0 radical (unpaired) electrons. The molecule has 14 heavy (non-hydrogen) atoms. The second kappa shape index (κ2) is 3.20. The van der Waals surface area contributed by atoms with E-state index in [4.69, 9.17) is 4.74 Å². The van der Waals surface area contributed by atoms with Gasteiger partial charge in [-0.05, 0) is 26.1 Å². The van der Waals surface area contributed by atoms with Gasteiger partial charge in [0.15, 0.2) is 11.6 Å². The van der Waals surface area contributed by atoms with Gasteiger partial charge in [-0.25, -0.2) is 8.78 Å². The van der Waals surface area contributed by atoms with Gasteiger partial charge in [-0.2, -0.15) is 0 Å². The Morgan fingerprint density at radius 2 is 1.93 bits per heavy atom. The summed E-state index contributed by atoms with van der Waals surface area (Å²) in [6.45, 7) is 1.78. The zero-order valence-corrected chi connectivity index (χ0v) is 7.97. The maximum Gasteiger partial charge on any atom is 0.165 e. The van der Waals surface area contributed by atoms with Crippen LogP contribution in [-0.2, 0) is 0 Å². The largest absolute Gasteiger partial charge is 0.485 e. The summed E-state index contributed by atoms with van der Waals surface area (Å²) >= 11 is 0. The summed E-state index contributed by atoms with van der Waals surface area (Å²) in [4.78, 5) is 0. The maximum absolute atomic E-state index is 13.4. The number of hydrogen-bond acceptors (Lipinski definition) is 2. The van der Waals surface area contributed by atoms with E-state index in [1.54, 1.807) is 14.0 Å². The fourth-order valence-electron chi connectivity index (χ4n) is 1.83. The monoisotopic (exact) mass is 199 g/mol. The van der Waals surface area contributed by atoms with Crippen LogP contribution in [0.4, 0.5) is 8.78 Å². The Labute approximate surface area is 80.9 Å². The molecule has 1 aromatic rings. The van der Waals surface area contributed by atoms with Crippen molar-refractivity contribution in [2.24, 2.45) is 0 Å². The van der Waals surface area contributed by atoms with E-state index >= 15 is 0 Å². The second-order valence-corrected chi connectivity index (χ2v) is 3.36. The van der Waals surface area contributed by atoms with Gasteiger partial charge in [0.05, 0.1) is 11.6 Å². The van der Waals surface area contributed by atoms with Crippen molar-refractivity contribution >= 4 is 0 Å². The lowest BCUT2D eigenvalue weighted by molar-refractivity contribution is 0.207. The normalized spacial score (nSPS) is 24.6. The molecule has 1 aromatic carbocycles. The van der Waals surface area contributed by atoms with Crippen molar-refractivity contribution < 1.29 is 13.5 Å². The molecule has 0 fully saturated rings. The Balaban J connectivity index is 2.57. The van der Waals surface area contributed by atoms with Crippen molar-refractivity contribution in [2.45, 2.75) is 19.1 Å². The molecule has 0 saturated heterocycles. The number of ether oxygens (including phenoxy) is 1. The van der Waals surface area contributed by atoms with E-state index in [0.29, 0.717) is 5.56 Å². The van der Waals surface area contributed by atoms with Gasteiger partial charge in [0, 0.05) is 0 Å². The van der Waals surface area contributed by atoms with Gasteiger partial charge in [0.1, 0.15) is 11.9 Å². The van der Waals surface area contributed by atoms with Crippen LogP contribution in [0.25, 0.3) is 0 Å². The molecule has 2 nitrogen and oxygen atoms in total. The topological polar surface area (TPSA) is 21.3 Å². The summed E-state index contributed by atoms with van der Waals surface area (Å²) < 4.78 is 31.9. The molecule has 2 unspecified atom stereocenters. The SMILES string of the molecule is CNC1c2c(F)ccc(F)c2OC1C. The summed E-state index contributed by atoms with van der Waals surface area (Å²) in [5.41, 5.74) is 0.292. The minimum absolute atomic E-state index is 0.0388. The summed E-state index contributed by atoms with van der Waals surface area (Å²) in [6.07, 6.45) is -0.249. The predicted molar refractivity (Wildman–Crippen MR) is 48.2 cm³/mol. The van der Waals surface area contributed by atoms with Gasteiger partial charge in [0.2, 0.25) is 0 Å². The van der Waals surface area contributed by atoms with Crippen LogP contribution in [0.2, 0.25) is 0 Å². The number of halogens is 2.